The van der Waals surface area contributed by atoms with Crippen molar-refractivity contribution in [3.05, 3.63) is 64.9 Å². The molecule has 29 heavy (non-hydrogen) atoms. The summed E-state index contributed by atoms with van der Waals surface area (Å²) in [5.74, 6) is 0.202. The van der Waals surface area contributed by atoms with Crippen molar-refractivity contribution < 1.29 is 17.6 Å². The van der Waals surface area contributed by atoms with Crippen molar-refractivity contribution in [2.45, 2.75) is 25.1 Å². The molecule has 1 unspecified atom stereocenters. The zero-order chi connectivity index (χ0) is 21.4. The number of hydrogen-bond donors (Lipinski definition) is 1. The molecule has 0 radical (unpaired) electrons. The molecule has 9 heteroatoms. The van der Waals surface area contributed by atoms with Crippen LogP contribution in [0.1, 0.15) is 18.9 Å². The van der Waals surface area contributed by atoms with Crippen molar-refractivity contribution in [3.8, 4) is 0 Å². The fourth-order valence-corrected chi connectivity index (χ4v) is 5.25. The Bertz CT molecular complexity index is 906. The third-order valence-electron chi connectivity index (χ3n) is 4.19. The van der Waals surface area contributed by atoms with Crippen molar-refractivity contribution in [1.29, 1.82) is 0 Å². The van der Waals surface area contributed by atoms with Gasteiger partial charge in [-0.1, -0.05) is 42.8 Å². The van der Waals surface area contributed by atoms with E-state index in [1.54, 1.807) is 49.4 Å². The molecule has 0 spiro atoms. The number of carbonyl (C=O) groups is 1. The Morgan fingerprint density at radius 1 is 1.21 bits per heavy atom. The van der Waals surface area contributed by atoms with Crippen molar-refractivity contribution in [1.82, 2.24) is 5.32 Å². The van der Waals surface area contributed by atoms with Crippen molar-refractivity contribution in [3.63, 3.8) is 0 Å². The van der Waals surface area contributed by atoms with Gasteiger partial charge < -0.3 is 5.32 Å². The van der Waals surface area contributed by atoms with Crippen molar-refractivity contribution in [2.75, 3.05) is 22.9 Å². The van der Waals surface area contributed by atoms with Crippen LogP contribution in [0.4, 0.5) is 10.1 Å². The Morgan fingerprint density at radius 2 is 1.90 bits per heavy atom. The number of halogens is 2. The van der Waals surface area contributed by atoms with E-state index in [9.17, 15) is 17.6 Å². The number of benzene rings is 2. The second kappa shape index (κ2) is 10.8. The molecule has 0 aliphatic carbocycles. The Kier molecular flexibility index (Phi) is 8.79. The van der Waals surface area contributed by atoms with Crippen LogP contribution in [0.5, 0.6) is 0 Å². The molecule has 1 atom stereocenters. The maximum Gasteiger partial charge on any atom is 0.243 e. The highest BCUT2D eigenvalue weighted by Gasteiger charge is 2.31. The highest BCUT2D eigenvalue weighted by atomic mass is 35.5. The first-order valence-corrected chi connectivity index (χ1v) is 12.5. The molecule has 2 aromatic rings. The molecule has 0 fully saturated rings. The molecule has 0 aliphatic rings. The number of amides is 1. The second-order valence-electron chi connectivity index (χ2n) is 6.36. The van der Waals surface area contributed by atoms with E-state index in [4.69, 9.17) is 11.6 Å². The van der Waals surface area contributed by atoms with Gasteiger partial charge in [0.1, 0.15) is 11.9 Å². The van der Waals surface area contributed by atoms with Crippen LogP contribution in [0.25, 0.3) is 0 Å². The summed E-state index contributed by atoms with van der Waals surface area (Å²) in [7, 11) is -3.64. The maximum absolute atomic E-state index is 13.8. The molecular weight excluding hydrogens is 435 g/mol. The standard InChI is InChI=1S/C20H24ClFN2O3S2/c1-3-19(24(29(2,26)27)15-8-5-4-6-9-15)20(25)23-12-13-28-14-16-17(21)10-7-11-18(16)22/h4-11,19H,3,12-14H2,1-2H3,(H,23,25). The van der Waals surface area contributed by atoms with Gasteiger partial charge in [-0.15, -0.1) is 0 Å². The minimum atomic E-state index is -3.64. The Morgan fingerprint density at radius 3 is 2.48 bits per heavy atom. The minimum absolute atomic E-state index is 0.325. The molecule has 0 saturated carbocycles. The van der Waals surface area contributed by atoms with Gasteiger partial charge >= 0.3 is 0 Å². The molecule has 1 N–H and O–H groups in total. The van der Waals surface area contributed by atoms with Crippen LogP contribution in [-0.4, -0.2) is 38.9 Å². The Hall–Kier alpha value is -1.77. The first-order chi connectivity index (χ1) is 13.8. The van der Waals surface area contributed by atoms with Crippen LogP contribution < -0.4 is 9.62 Å². The van der Waals surface area contributed by atoms with Crippen molar-refractivity contribution in [2.24, 2.45) is 0 Å². The Labute approximate surface area is 180 Å². The topological polar surface area (TPSA) is 66.5 Å². The molecule has 0 bridgehead atoms. The van der Waals surface area contributed by atoms with E-state index < -0.39 is 16.1 Å². The largest absolute Gasteiger partial charge is 0.353 e. The van der Waals surface area contributed by atoms with Gasteiger partial charge in [0.15, 0.2) is 0 Å². The lowest BCUT2D eigenvalue weighted by Crippen LogP contribution is -2.49. The average molecular weight is 459 g/mol. The third kappa shape index (κ3) is 6.62. The molecule has 0 saturated heterocycles. The van der Waals surface area contributed by atoms with Gasteiger partial charge in [-0.3, -0.25) is 9.10 Å². The predicted molar refractivity (Wildman–Crippen MR) is 118 cm³/mol. The number of thioether (sulfide) groups is 1. The van der Waals surface area contributed by atoms with E-state index >= 15 is 0 Å². The molecule has 5 nitrogen and oxygen atoms in total. The molecule has 0 heterocycles. The number of carbonyl (C=O) groups excluding carboxylic acids is 1. The van der Waals surface area contributed by atoms with Gasteiger partial charge in [-0.2, -0.15) is 11.8 Å². The summed E-state index contributed by atoms with van der Waals surface area (Å²) in [4.78, 5) is 12.7. The fourth-order valence-electron chi connectivity index (χ4n) is 2.84. The van der Waals surface area contributed by atoms with Crippen molar-refractivity contribution >= 4 is 45.0 Å². The van der Waals surface area contributed by atoms with E-state index in [0.29, 0.717) is 40.7 Å². The molecular formula is C20H24ClFN2O3S2. The summed E-state index contributed by atoms with van der Waals surface area (Å²) < 4.78 is 39.6. The maximum atomic E-state index is 13.8. The van der Waals surface area contributed by atoms with E-state index in [1.807, 2.05) is 0 Å². The first kappa shape index (κ1) is 23.5. The number of hydrogen-bond acceptors (Lipinski definition) is 4. The SMILES string of the molecule is CCC(C(=O)NCCSCc1c(F)cccc1Cl)N(c1ccccc1)S(C)(=O)=O. The van der Waals surface area contributed by atoms with Gasteiger partial charge in [-0.05, 0) is 30.7 Å². The summed E-state index contributed by atoms with van der Waals surface area (Å²) in [5.41, 5.74) is 0.879. The monoisotopic (exact) mass is 458 g/mol. The van der Waals surface area contributed by atoms with Gasteiger partial charge in [0, 0.05) is 28.6 Å². The summed E-state index contributed by atoms with van der Waals surface area (Å²) in [6.07, 6.45) is 1.41. The van der Waals surface area contributed by atoms with Gasteiger partial charge in [0.2, 0.25) is 15.9 Å². The number of sulfonamides is 1. The average Bonchev–Trinajstić information content (AvgIpc) is 2.67. The molecule has 0 aromatic heterocycles. The zero-order valence-electron chi connectivity index (χ0n) is 16.3. The quantitative estimate of drug-likeness (QED) is 0.545. The summed E-state index contributed by atoms with van der Waals surface area (Å²) >= 11 is 7.44. The molecule has 2 rings (SSSR count). The lowest BCUT2D eigenvalue weighted by molar-refractivity contribution is -0.122. The summed E-state index contributed by atoms with van der Waals surface area (Å²) in [6, 6.07) is 12.2. The van der Waals surface area contributed by atoms with Crippen LogP contribution in [0.15, 0.2) is 48.5 Å². The highest BCUT2D eigenvalue weighted by Crippen LogP contribution is 2.24. The highest BCUT2D eigenvalue weighted by molar-refractivity contribution is 7.98. The number of rotatable bonds is 10. The first-order valence-electron chi connectivity index (χ1n) is 9.08. The number of nitrogens with zero attached hydrogens (tertiary/aromatic N) is 1. The fraction of sp³-hybridized carbons (Fsp3) is 0.350. The number of nitrogens with one attached hydrogen (secondary N) is 1. The lowest BCUT2D eigenvalue weighted by atomic mass is 10.2. The normalized spacial score (nSPS) is 12.4. The van der Waals surface area contributed by atoms with Crippen LogP contribution >= 0.6 is 23.4 Å². The van der Waals surface area contributed by atoms with E-state index in [-0.39, 0.29) is 11.7 Å². The molecule has 2 aromatic carbocycles. The number of para-hydroxylation sites is 1. The van der Waals surface area contributed by atoms with Crippen LogP contribution in [0.2, 0.25) is 5.02 Å². The van der Waals surface area contributed by atoms with Crippen LogP contribution in [-0.2, 0) is 20.6 Å². The smallest absolute Gasteiger partial charge is 0.243 e. The molecule has 1 amide bonds. The lowest BCUT2D eigenvalue weighted by Gasteiger charge is -2.30. The Balaban J connectivity index is 1.95. The van der Waals surface area contributed by atoms with Crippen LogP contribution in [0, 0.1) is 5.82 Å². The van der Waals surface area contributed by atoms with E-state index in [2.05, 4.69) is 5.32 Å². The van der Waals surface area contributed by atoms with E-state index in [1.165, 1.54) is 17.8 Å². The predicted octanol–water partition coefficient (Wildman–Crippen LogP) is 4.07. The summed E-state index contributed by atoms with van der Waals surface area (Å²) in [6.45, 7) is 2.10. The second-order valence-corrected chi connectivity index (χ2v) is 9.73. The van der Waals surface area contributed by atoms with Gasteiger partial charge in [0.25, 0.3) is 0 Å². The molecule has 158 valence electrons. The van der Waals surface area contributed by atoms with E-state index in [0.717, 1.165) is 10.6 Å². The third-order valence-corrected chi connectivity index (χ3v) is 6.71. The summed E-state index contributed by atoms with van der Waals surface area (Å²) in [5, 5.41) is 3.15. The molecule has 0 aliphatic heterocycles. The van der Waals surface area contributed by atoms with Gasteiger partial charge in [-0.25, -0.2) is 12.8 Å². The van der Waals surface area contributed by atoms with Gasteiger partial charge in [0.05, 0.1) is 11.9 Å². The number of anilines is 1. The zero-order valence-corrected chi connectivity index (χ0v) is 18.7. The minimum Gasteiger partial charge on any atom is -0.353 e. The van der Waals surface area contributed by atoms with Crippen LogP contribution in [0.3, 0.4) is 0 Å².